The molecule has 1 aliphatic carbocycles. The lowest BCUT2D eigenvalue weighted by atomic mass is 9.95. The summed E-state index contributed by atoms with van der Waals surface area (Å²) in [4.78, 5) is 29.8. The molecule has 0 radical (unpaired) electrons. The van der Waals surface area contributed by atoms with Crippen LogP contribution >= 0.6 is 0 Å². The van der Waals surface area contributed by atoms with E-state index in [1.807, 2.05) is 46.2 Å². The fourth-order valence-electron chi connectivity index (χ4n) is 6.26. The van der Waals surface area contributed by atoms with E-state index in [0.717, 1.165) is 49.7 Å². The predicted molar refractivity (Wildman–Crippen MR) is 152 cm³/mol. The molecule has 6 heteroatoms. The third-order valence-electron chi connectivity index (χ3n) is 8.47. The Balaban J connectivity index is 1.02. The van der Waals surface area contributed by atoms with Crippen LogP contribution in [0.5, 0.6) is 5.75 Å². The summed E-state index contributed by atoms with van der Waals surface area (Å²) in [6.07, 6.45) is 13.3. The van der Waals surface area contributed by atoms with Crippen LogP contribution in [-0.2, 0) is 11.2 Å². The molecule has 2 amide bonds. The highest BCUT2D eigenvalue weighted by Crippen LogP contribution is 2.32. The smallest absolute Gasteiger partial charge is 0.253 e. The van der Waals surface area contributed by atoms with E-state index in [4.69, 9.17) is 4.74 Å². The first-order valence-electron chi connectivity index (χ1n) is 14.8. The Kier molecular flexibility index (Phi) is 9.34. The van der Waals surface area contributed by atoms with E-state index in [9.17, 15) is 9.59 Å². The molecule has 3 aliphatic rings. The summed E-state index contributed by atoms with van der Waals surface area (Å²) in [7, 11) is 0. The molecule has 0 atom stereocenters. The molecular formula is C32H43N3O3. The number of nitrogens with one attached hydrogen (secondary N) is 1. The van der Waals surface area contributed by atoms with Crippen molar-refractivity contribution in [3.8, 4) is 5.75 Å². The maximum Gasteiger partial charge on any atom is 0.253 e. The molecule has 5 rings (SSSR count). The maximum atomic E-state index is 13.1. The second-order valence-corrected chi connectivity index (χ2v) is 11.1. The minimum Gasteiger partial charge on any atom is -0.494 e. The minimum absolute atomic E-state index is 0.0610. The topological polar surface area (TPSA) is 61.9 Å². The maximum absolute atomic E-state index is 13.1. The van der Waals surface area contributed by atoms with Crippen molar-refractivity contribution < 1.29 is 14.3 Å². The van der Waals surface area contributed by atoms with Gasteiger partial charge in [0.05, 0.1) is 6.61 Å². The number of benzene rings is 2. The van der Waals surface area contributed by atoms with Gasteiger partial charge < -0.3 is 19.9 Å². The molecule has 2 fully saturated rings. The first kappa shape index (κ1) is 26.7. The number of carbonyl (C=O) groups is 2. The largest absolute Gasteiger partial charge is 0.494 e. The van der Waals surface area contributed by atoms with E-state index < -0.39 is 0 Å². The van der Waals surface area contributed by atoms with Gasteiger partial charge in [-0.3, -0.25) is 9.59 Å². The van der Waals surface area contributed by atoms with E-state index >= 15 is 0 Å². The number of piperidine rings is 1. The normalized spacial score (nSPS) is 18.9. The Bertz CT molecular complexity index is 1060. The summed E-state index contributed by atoms with van der Waals surface area (Å²) in [5, 5.41) is 3.70. The zero-order valence-corrected chi connectivity index (χ0v) is 22.7. The van der Waals surface area contributed by atoms with Crippen molar-refractivity contribution in [3.05, 3.63) is 59.7 Å². The van der Waals surface area contributed by atoms with E-state index in [1.54, 1.807) is 0 Å². The zero-order chi connectivity index (χ0) is 26.2. The molecule has 0 aromatic heterocycles. The third kappa shape index (κ3) is 6.76. The van der Waals surface area contributed by atoms with Gasteiger partial charge in [0.1, 0.15) is 5.75 Å². The van der Waals surface area contributed by atoms with E-state index in [-0.39, 0.29) is 17.9 Å². The Morgan fingerprint density at radius 1 is 0.868 bits per heavy atom. The van der Waals surface area contributed by atoms with Gasteiger partial charge in [0, 0.05) is 42.8 Å². The molecule has 2 aromatic rings. The first-order valence-corrected chi connectivity index (χ1v) is 14.8. The Hall–Kier alpha value is -2.86. The summed E-state index contributed by atoms with van der Waals surface area (Å²) in [6, 6.07) is 16.7. The number of nitrogens with zero attached hydrogens (tertiary/aromatic N) is 2. The second-order valence-electron chi connectivity index (χ2n) is 11.1. The van der Waals surface area contributed by atoms with Crippen LogP contribution in [0.3, 0.4) is 0 Å². The lowest BCUT2D eigenvalue weighted by Crippen LogP contribution is -2.50. The van der Waals surface area contributed by atoms with Gasteiger partial charge in [0.25, 0.3) is 5.91 Å². The average molecular weight is 518 g/mol. The number of ether oxygens (including phenoxy) is 1. The van der Waals surface area contributed by atoms with Gasteiger partial charge in [0.2, 0.25) is 5.91 Å². The standard InChI is InChI=1S/C32H43N3O3/c36-31-18-15-25-9-5-6-12-30(25)35(31)28-19-22-34(23-20-28)32(37)26-13-16-29(17-14-26)38-24-8-2-7-21-33-27-10-3-1-4-11-27/h5-6,9,12-14,16-17,27-28,33H,1-4,7-8,10-11,15,18-24H2. The molecule has 204 valence electrons. The zero-order valence-electron chi connectivity index (χ0n) is 22.7. The number of rotatable bonds is 10. The van der Waals surface area contributed by atoms with Gasteiger partial charge in [-0.05, 0) is 93.8 Å². The molecule has 2 aromatic carbocycles. The van der Waals surface area contributed by atoms with Crippen LogP contribution in [-0.4, -0.2) is 55.0 Å². The minimum atomic E-state index is 0.0610. The van der Waals surface area contributed by atoms with Gasteiger partial charge in [-0.25, -0.2) is 0 Å². The van der Waals surface area contributed by atoms with Crippen LogP contribution in [0.4, 0.5) is 5.69 Å². The van der Waals surface area contributed by atoms with Crippen molar-refractivity contribution in [1.82, 2.24) is 10.2 Å². The number of fused-ring (bicyclic) bond motifs is 1. The molecule has 2 heterocycles. The number of hydrogen-bond donors (Lipinski definition) is 1. The summed E-state index contributed by atoms with van der Waals surface area (Å²) in [5.41, 5.74) is 3.00. The van der Waals surface area contributed by atoms with Gasteiger partial charge in [-0.15, -0.1) is 0 Å². The fourth-order valence-corrected chi connectivity index (χ4v) is 6.26. The number of anilines is 1. The SMILES string of the molecule is O=C(c1ccc(OCCCCCNC2CCCCC2)cc1)N1CCC(N2C(=O)CCc3ccccc32)CC1. The van der Waals surface area contributed by atoms with Crippen LogP contribution in [0, 0.1) is 0 Å². The van der Waals surface area contributed by atoms with Crippen molar-refractivity contribution in [1.29, 1.82) is 0 Å². The Morgan fingerprint density at radius 2 is 1.63 bits per heavy atom. The number of para-hydroxylation sites is 1. The van der Waals surface area contributed by atoms with Crippen molar-refractivity contribution in [2.24, 2.45) is 0 Å². The van der Waals surface area contributed by atoms with Crippen LogP contribution in [0.15, 0.2) is 48.5 Å². The molecule has 1 saturated carbocycles. The number of carbonyl (C=O) groups excluding carboxylic acids is 2. The molecule has 38 heavy (non-hydrogen) atoms. The lowest BCUT2D eigenvalue weighted by Gasteiger charge is -2.41. The monoisotopic (exact) mass is 517 g/mol. The van der Waals surface area contributed by atoms with Crippen molar-refractivity contribution in [3.63, 3.8) is 0 Å². The molecular weight excluding hydrogens is 474 g/mol. The molecule has 0 bridgehead atoms. The molecule has 1 N–H and O–H groups in total. The number of likely N-dealkylation sites (tertiary alicyclic amines) is 1. The van der Waals surface area contributed by atoms with Crippen molar-refractivity contribution >= 4 is 17.5 Å². The van der Waals surface area contributed by atoms with Crippen LogP contribution in [0.2, 0.25) is 0 Å². The highest BCUT2D eigenvalue weighted by Gasteiger charge is 2.33. The first-order chi connectivity index (χ1) is 18.7. The fraction of sp³-hybridized carbons (Fsp3) is 0.562. The van der Waals surface area contributed by atoms with Crippen LogP contribution < -0.4 is 15.0 Å². The molecule has 2 aliphatic heterocycles. The third-order valence-corrected chi connectivity index (χ3v) is 8.47. The summed E-state index contributed by atoms with van der Waals surface area (Å²) in [5.74, 6) is 1.09. The number of amides is 2. The van der Waals surface area contributed by atoms with Crippen molar-refractivity contribution in [2.45, 2.75) is 89.1 Å². The molecule has 0 unspecified atom stereocenters. The summed E-state index contributed by atoms with van der Waals surface area (Å²) in [6.45, 7) is 3.16. The number of unbranched alkanes of at least 4 members (excludes halogenated alkanes) is 2. The quantitative estimate of drug-likeness (QED) is 0.408. The van der Waals surface area contributed by atoms with Gasteiger partial charge >= 0.3 is 0 Å². The van der Waals surface area contributed by atoms with E-state index in [1.165, 1.54) is 50.5 Å². The molecule has 6 nitrogen and oxygen atoms in total. The molecule has 1 saturated heterocycles. The van der Waals surface area contributed by atoms with E-state index in [2.05, 4.69) is 17.4 Å². The lowest BCUT2D eigenvalue weighted by molar-refractivity contribution is -0.119. The Morgan fingerprint density at radius 3 is 2.42 bits per heavy atom. The van der Waals surface area contributed by atoms with Crippen LogP contribution in [0.25, 0.3) is 0 Å². The number of hydrogen-bond acceptors (Lipinski definition) is 4. The summed E-state index contributed by atoms with van der Waals surface area (Å²) < 4.78 is 5.92. The predicted octanol–water partition coefficient (Wildman–Crippen LogP) is 5.74. The van der Waals surface area contributed by atoms with Gasteiger partial charge in [0.15, 0.2) is 0 Å². The average Bonchev–Trinajstić information content (AvgIpc) is 2.97. The van der Waals surface area contributed by atoms with Gasteiger partial charge in [-0.1, -0.05) is 37.5 Å². The highest BCUT2D eigenvalue weighted by molar-refractivity contribution is 5.97. The van der Waals surface area contributed by atoms with Gasteiger partial charge in [-0.2, -0.15) is 0 Å². The summed E-state index contributed by atoms with van der Waals surface area (Å²) >= 11 is 0. The van der Waals surface area contributed by atoms with E-state index in [0.29, 0.717) is 31.7 Å². The number of aryl methyl sites for hydroxylation is 1. The Labute approximate surface area is 227 Å². The van der Waals surface area contributed by atoms with Crippen molar-refractivity contribution in [2.75, 3.05) is 31.1 Å². The highest BCUT2D eigenvalue weighted by atomic mass is 16.5. The second kappa shape index (κ2) is 13.3. The molecule has 0 spiro atoms. The van der Waals surface area contributed by atoms with Crippen LogP contribution in [0.1, 0.15) is 86.6 Å².